The van der Waals surface area contributed by atoms with Crippen molar-refractivity contribution in [2.45, 2.75) is 11.3 Å². The van der Waals surface area contributed by atoms with E-state index < -0.39 is 10.0 Å². The average Bonchev–Trinajstić information content (AvgIpc) is 2.80. The number of sulfonamides is 1. The highest BCUT2D eigenvalue weighted by Gasteiger charge is 2.34. The van der Waals surface area contributed by atoms with Crippen molar-refractivity contribution in [2.24, 2.45) is 0 Å². The molecule has 0 radical (unpaired) electrons. The molecule has 20 heavy (non-hydrogen) atoms. The van der Waals surface area contributed by atoms with E-state index in [1.807, 2.05) is 0 Å². The fourth-order valence-electron chi connectivity index (χ4n) is 1.57. The zero-order valence-corrected chi connectivity index (χ0v) is 12.5. The Kier molecular flexibility index (Phi) is 4.01. The van der Waals surface area contributed by atoms with Gasteiger partial charge in [0, 0.05) is 27.1 Å². The lowest BCUT2D eigenvalue weighted by molar-refractivity contribution is -0.132. The fraction of sp³-hybridized carbons (Fsp3) is 0.556. The van der Waals surface area contributed by atoms with E-state index in [4.69, 9.17) is 0 Å². The Morgan fingerprint density at radius 1 is 1.35 bits per heavy atom. The van der Waals surface area contributed by atoms with E-state index in [0.29, 0.717) is 6.54 Å². The van der Waals surface area contributed by atoms with Gasteiger partial charge in [0.15, 0.2) is 0 Å². The summed E-state index contributed by atoms with van der Waals surface area (Å²) in [5.41, 5.74) is 0. The summed E-state index contributed by atoms with van der Waals surface area (Å²) in [6.07, 6.45) is 0. The Morgan fingerprint density at radius 3 is 2.65 bits per heavy atom. The van der Waals surface area contributed by atoms with Crippen LogP contribution in [0.15, 0.2) is 4.34 Å². The number of carbonyl (C=O) groups is 2. The highest BCUT2D eigenvalue weighted by molar-refractivity contribution is 7.91. The third-order valence-corrected chi connectivity index (χ3v) is 5.70. The first-order valence-electron chi connectivity index (χ1n) is 5.66. The quantitative estimate of drug-likeness (QED) is 0.712. The number of nitrogens with zero attached hydrogens (tertiary/aromatic N) is 4. The molecule has 0 bridgehead atoms. The maximum atomic E-state index is 12.3. The molecule has 0 aromatic carbocycles. The van der Waals surface area contributed by atoms with Crippen LogP contribution in [-0.4, -0.2) is 66.3 Å². The molecule has 1 aromatic heterocycles. The second kappa shape index (κ2) is 5.42. The van der Waals surface area contributed by atoms with Crippen molar-refractivity contribution in [1.29, 1.82) is 0 Å². The van der Waals surface area contributed by atoms with Crippen LogP contribution < -0.4 is 5.32 Å². The lowest BCUT2D eigenvalue weighted by atomic mass is 10.4. The van der Waals surface area contributed by atoms with E-state index in [1.54, 1.807) is 7.05 Å². The van der Waals surface area contributed by atoms with E-state index >= 15 is 0 Å². The molecule has 0 unspecified atom stereocenters. The van der Waals surface area contributed by atoms with Crippen molar-refractivity contribution in [3.05, 3.63) is 0 Å². The van der Waals surface area contributed by atoms with Gasteiger partial charge in [-0.2, -0.15) is 4.31 Å². The third-order valence-electron chi connectivity index (χ3n) is 2.67. The van der Waals surface area contributed by atoms with E-state index in [9.17, 15) is 18.0 Å². The number of rotatable bonds is 3. The van der Waals surface area contributed by atoms with Gasteiger partial charge < -0.3 is 10.2 Å². The summed E-state index contributed by atoms with van der Waals surface area (Å²) < 4.78 is 25.4. The number of hydrogen-bond donors (Lipinski definition) is 1. The average molecular weight is 319 g/mol. The predicted octanol–water partition coefficient (Wildman–Crippen LogP) is -1.04. The van der Waals surface area contributed by atoms with Gasteiger partial charge in [-0.3, -0.25) is 9.59 Å². The van der Waals surface area contributed by atoms with Crippen LogP contribution in [0.25, 0.3) is 0 Å². The number of aromatic nitrogens is 2. The van der Waals surface area contributed by atoms with Crippen LogP contribution in [0.4, 0.5) is 5.13 Å². The van der Waals surface area contributed by atoms with Gasteiger partial charge in [-0.25, -0.2) is 8.42 Å². The first kappa shape index (κ1) is 14.8. The van der Waals surface area contributed by atoms with E-state index in [0.717, 1.165) is 15.6 Å². The summed E-state index contributed by atoms with van der Waals surface area (Å²) in [5.74, 6) is -0.633. The van der Waals surface area contributed by atoms with Gasteiger partial charge in [0.05, 0.1) is 6.54 Å². The third kappa shape index (κ3) is 2.94. The van der Waals surface area contributed by atoms with E-state index in [1.165, 1.54) is 11.8 Å². The first-order chi connectivity index (χ1) is 9.30. The molecule has 0 aliphatic carbocycles. The number of nitrogens with one attached hydrogen (secondary N) is 1. The van der Waals surface area contributed by atoms with Crippen molar-refractivity contribution >= 4 is 38.3 Å². The first-order valence-corrected chi connectivity index (χ1v) is 7.91. The molecule has 1 aromatic rings. The minimum atomic E-state index is -3.85. The topological polar surface area (TPSA) is 113 Å². The van der Waals surface area contributed by atoms with Crippen molar-refractivity contribution in [3.8, 4) is 0 Å². The Bertz CT molecular complexity index is 641. The Hall–Kier alpha value is -1.59. The summed E-state index contributed by atoms with van der Waals surface area (Å²) in [7, 11) is -2.24. The molecule has 0 atom stereocenters. The number of anilines is 1. The lowest BCUT2D eigenvalue weighted by Crippen LogP contribution is -2.50. The van der Waals surface area contributed by atoms with Gasteiger partial charge in [0.2, 0.25) is 21.3 Å². The second-order valence-electron chi connectivity index (χ2n) is 4.21. The number of carbonyl (C=O) groups excluding carboxylic acids is 2. The molecule has 1 aliphatic rings. The molecule has 110 valence electrons. The molecule has 9 nitrogen and oxygen atoms in total. The van der Waals surface area contributed by atoms with Crippen LogP contribution in [0.5, 0.6) is 0 Å². The minimum Gasteiger partial charge on any atom is -0.343 e. The largest absolute Gasteiger partial charge is 0.343 e. The lowest BCUT2D eigenvalue weighted by Gasteiger charge is -2.30. The van der Waals surface area contributed by atoms with Crippen molar-refractivity contribution in [3.63, 3.8) is 0 Å². The van der Waals surface area contributed by atoms with Crippen LogP contribution in [0.1, 0.15) is 6.92 Å². The summed E-state index contributed by atoms with van der Waals surface area (Å²) in [5, 5.41) is 9.62. The Balaban J connectivity index is 2.20. The maximum Gasteiger partial charge on any atom is 0.272 e. The molecule has 1 aliphatic heterocycles. The Labute approximate surface area is 119 Å². The molecule has 2 heterocycles. The van der Waals surface area contributed by atoms with Crippen molar-refractivity contribution in [2.75, 3.05) is 32.0 Å². The van der Waals surface area contributed by atoms with Gasteiger partial charge in [-0.05, 0) is 0 Å². The molecule has 0 spiro atoms. The molecule has 0 saturated carbocycles. The second-order valence-corrected chi connectivity index (χ2v) is 7.30. The highest BCUT2D eigenvalue weighted by Crippen LogP contribution is 2.24. The molecular formula is C9H13N5O4S2. The van der Waals surface area contributed by atoms with Crippen LogP contribution in [-0.2, 0) is 19.6 Å². The summed E-state index contributed by atoms with van der Waals surface area (Å²) in [6.45, 7) is 1.61. The van der Waals surface area contributed by atoms with Gasteiger partial charge in [0.1, 0.15) is 0 Å². The molecule has 2 rings (SSSR count). The maximum absolute atomic E-state index is 12.3. The molecule has 2 amide bonds. The molecular weight excluding hydrogens is 306 g/mol. The molecule has 1 saturated heterocycles. The summed E-state index contributed by atoms with van der Waals surface area (Å²) >= 11 is 0.755. The molecule has 11 heteroatoms. The van der Waals surface area contributed by atoms with Crippen LogP contribution in [0.2, 0.25) is 0 Å². The van der Waals surface area contributed by atoms with Crippen LogP contribution >= 0.6 is 11.3 Å². The van der Waals surface area contributed by atoms with Gasteiger partial charge in [-0.1, -0.05) is 11.3 Å². The fourth-order valence-corrected chi connectivity index (χ4v) is 4.03. The van der Waals surface area contributed by atoms with Gasteiger partial charge >= 0.3 is 0 Å². The van der Waals surface area contributed by atoms with Gasteiger partial charge in [-0.15, -0.1) is 10.2 Å². The zero-order valence-electron chi connectivity index (χ0n) is 10.9. The number of piperazine rings is 1. The SMILES string of the molecule is CC(=O)Nc1nnc(S(=O)(=O)N2CCN(C)C(=O)C2)s1. The monoisotopic (exact) mass is 319 g/mol. The Morgan fingerprint density at radius 2 is 2.05 bits per heavy atom. The van der Waals surface area contributed by atoms with Crippen LogP contribution in [0, 0.1) is 0 Å². The van der Waals surface area contributed by atoms with Gasteiger partial charge in [0.25, 0.3) is 10.0 Å². The van der Waals surface area contributed by atoms with Crippen molar-refractivity contribution < 1.29 is 18.0 Å². The number of hydrogen-bond acceptors (Lipinski definition) is 7. The number of amides is 2. The molecule has 1 fully saturated rings. The smallest absolute Gasteiger partial charge is 0.272 e. The van der Waals surface area contributed by atoms with E-state index in [2.05, 4.69) is 15.5 Å². The van der Waals surface area contributed by atoms with Crippen molar-refractivity contribution in [1.82, 2.24) is 19.4 Å². The highest BCUT2D eigenvalue weighted by atomic mass is 32.2. The minimum absolute atomic E-state index is 0.108. The standard InChI is InChI=1S/C9H13N5O4S2/c1-6(15)10-8-11-12-9(19-8)20(17,18)14-4-3-13(2)7(16)5-14/h3-5H2,1-2H3,(H,10,11,15). The number of likely N-dealkylation sites (N-methyl/N-ethyl adjacent to an activating group) is 1. The normalized spacial score (nSPS) is 17.3. The van der Waals surface area contributed by atoms with Crippen LogP contribution in [0.3, 0.4) is 0 Å². The summed E-state index contributed by atoms with van der Waals surface area (Å²) in [6, 6.07) is 0. The molecule has 1 N–H and O–H groups in total. The zero-order chi connectivity index (χ0) is 14.9. The predicted molar refractivity (Wildman–Crippen MR) is 70.6 cm³/mol. The van der Waals surface area contributed by atoms with E-state index in [-0.39, 0.29) is 34.4 Å². The summed E-state index contributed by atoms with van der Waals surface area (Å²) in [4.78, 5) is 23.9.